The topological polar surface area (TPSA) is 86.8 Å². The maximum absolute atomic E-state index is 14.0. The first-order chi connectivity index (χ1) is 19.0. The van der Waals surface area contributed by atoms with Crippen molar-refractivity contribution in [1.29, 1.82) is 0 Å². The van der Waals surface area contributed by atoms with Gasteiger partial charge in [-0.25, -0.2) is 12.8 Å². The van der Waals surface area contributed by atoms with E-state index in [4.69, 9.17) is 0 Å². The van der Waals surface area contributed by atoms with Crippen LogP contribution in [0.3, 0.4) is 0 Å². The number of carbonyl (C=O) groups is 2. The van der Waals surface area contributed by atoms with Gasteiger partial charge >= 0.3 is 0 Å². The molecule has 0 spiro atoms. The number of halogens is 1. The lowest BCUT2D eigenvalue weighted by atomic mass is 10.0. The standard InChI is InChI=1S/C31H38FN3O4S/c1-5-6-16-33-31(37)29(20-25-10-8-7-9-11-25)34(21-26-12-14-27(32)15-13-26)30(36)22-35(40(4,38)39)28-18-23(2)17-24(3)19-28/h7-15,17-19,29H,5-6,16,20-22H2,1-4H3,(H,33,37)/t29-/m1/s1. The highest BCUT2D eigenvalue weighted by atomic mass is 32.2. The minimum Gasteiger partial charge on any atom is -0.354 e. The summed E-state index contributed by atoms with van der Waals surface area (Å²) in [7, 11) is -3.85. The van der Waals surface area contributed by atoms with E-state index in [1.165, 1.54) is 17.0 Å². The highest BCUT2D eigenvalue weighted by Gasteiger charge is 2.33. The van der Waals surface area contributed by atoms with Crippen molar-refractivity contribution < 1.29 is 22.4 Å². The van der Waals surface area contributed by atoms with Crippen LogP contribution in [0.2, 0.25) is 0 Å². The van der Waals surface area contributed by atoms with E-state index < -0.39 is 34.3 Å². The van der Waals surface area contributed by atoms with Crippen molar-refractivity contribution in [1.82, 2.24) is 10.2 Å². The summed E-state index contributed by atoms with van der Waals surface area (Å²) in [6.07, 6.45) is 2.96. The zero-order valence-electron chi connectivity index (χ0n) is 23.6. The first-order valence-corrected chi connectivity index (χ1v) is 15.2. The predicted octanol–water partition coefficient (Wildman–Crippen LogP) is 4.76. The summed E-state index contributed by atoms with van der Waals surface area (Å²) in [4.78, 5) is 29.0. The van der Waals surface area contributed by atoms with Gasteiger partial charge in [0.2, 0.25) is 21.8 Å². The van der Waals surface area contributed by atoms with E-state index in [-0.39, 0.29) is 18.9 Å². The molecule has 7 nitrogen and oxygen atoms in total. The van der Waals surface area contributed by atoms with Crippen molar-refractivity contribution in [3.05, 3.63) is 101 Å². The van der Waals surface area contributed by atoms with Crippen molar-refractivity contribution in [3.63, 3.8) is 0 Å². The van der Waals surface area contributed by atoms with Gasteiger partial charge in [-0.15, -0.1) is 0 Å². The smallest absolute Gasteiger partial charge is 0.244 e. The largest absolute Gasteiger partial charge is 0.354 e. The highest BCUT2D eigenvalue weighted by Crippen LogP contribution is 2.23. The lowest BCUT2D eigenvalue weighted by Gasteiger charge is -2.33. The van der Waals surface area contributed by atoms with Crippen LogP contribution >= 0.6 is 0 Å². The number of rotatable bonds is 13. The summed E-state index contributed by atoms with van der Waals surface area (Å²) in [6.45, 7) is 5.70. The Hall–Kier alpha value is -3.72. The average Bonchev–Trinajstić information content (AvgIpc) is 2.89. The molecule has 0 heterocycles. The fourth-order valence-electron chi connectivity index (χ4n) is 4.55. The van der Waals surface area contributed by atoms with Crippen molar-refractivity contribution in [2.45, 2.75) is 52.6 Å². The second-order valence-electron chi connectivity index (χ2n) is 10.1. The van der Waals surface area contributed by atoms with Gasteiger partial charge in [-0.05, 0) is 66.8 Å². The van der Waals surface area contributed by atoms with Crippen LogP contribution in [0, 0.1) is 19.7 Å². The second-order valence-corrected chi connectivity index (χ2v) is 12.0. The number of aryl methyl sites for hydroxylation is 2. The molecule has 2 amide bonds. The fraction of sp³-hybridized carbons (Fsp3) is 0.355. The molecule has 0 fully saturated rings. The number of amides is 2. The molecule has 0 aliphatic rings. The quantitative estimate of drug-likeness (QED) is 0.302. The Bertz CT molecular complexity index is 1380. The molecule has 0 unspecified atom stereocenters. The molecule has 0 aliphatic carbocycles. The summed E-state index contributed by atoms with van der Waals surface area (Å²) in [5.41, 5.74) is 3.56. The molecule has 0 bridgehead atoms. The summed E-state index contributed by atoms with van der Waals surface area (Å²) in [5, 5.41) is 2.94. The number of sulfonamides is 1. The zero-order chi connectivity index (χ0) is 29.3. The molecule has 0 aliphatic heterocycles. The molecule has 3 rings (SSSR count). The molecular weight excluding hydrogens is 529 g/mol. The lowest BCUT2D eigenvalue weighted by Crippen LogP contribution is -2.53. The Morgan fingerprint density at radius 1 is 0.925 bits per heavy atom. The van der Waals surface area contributed by atoms with Crippen LogP contribution in [0.5, 0.6) is 0 Å². The van der Waals surface area contributed by atoms with Crippen molar-refractivity contribution in [2.24, 2.45) is 0 Å². The van der Waals surface area contributed by atoms with Crippen LogP contribution in [-0.2, 0) is 32.6 Å². The van der Waals surface area contributed by atoms with Crippen molar-refractivity contribution >= 4 is 27.5 Å². The van der Waals surface area contributed by atoms with E-state index in [2.05, 4.69) is 5.32 Å². The second kappa shape index (κ2) is 14.1. The van der Waals surface area contributed by atoms with Crippen LogP contribution in [0.1, 0.15) is 42.0 Å². The lowest BCUT2D eigenvalue weighted by molar-refractivity contribution is -0.140. The molecule has 0 saturated heterocycles. The molecule has 0 saturated carbocycles. The summed E-state index contributed by atoms with van der Waals surface area (Å²) < 4.78 is 40.6. The van der Waals surface area contributed by atoms with Gasteiger partial charge in [-0.3, -0.25) is 13.9 Å². The number of nitrogens with zero attached hydrogens (tertiary/aromatic N) is 2. The van der Waals surface area contributed by atoms with E-state index in [9.17, 15) is 22.4 Å². The Labute approximate surface area is 237 Å². The molecule has 214 valence electrons. The summed E-state index contributed by atoms with van der Waals surface area (Å²) in [5.74, 6) is -1.29. The molecule has 40 heavy (non-hydrogen) atoms. The molecule has 1 N–H and O–H groups in total. The number of anilines is 1. The van der Waals surface area contributed by atoms with E-state index in [0.717, 1.165) is 40.1 Å². The van der Waals surface area contributed by atoms with Crippen LogP contribution in [0.4, 0.5) is 10.1 Å². The summed E-state index contributed by atoms with van der Waals surface area (Å²) in [6, 6.07) is 19.5. The molecule has 3 aromatic carbocycles. The first kappa shape index (κ1) is 30.8. The number of nitrogens with one attached hydrogen (secondary N) is 1. The minimum atomic E-state index is -3.85. The monoisotopic (exact) mass is 567 g/mol. The van der Waals surface area contributed by atoms with E-state index >= 15 is 0 Å². The van der Waals surface area contributed by atoms with Gasteiger partial charge in [0.25, 0.3) is 0 Å². The zero-order valence-corrected chi connectivity index (χ0v) is 24.4. The molecule has 9 heteroatoms. The maximum atomic E-state index is 14.0. The predicted molar refractivity (Wildman–Crippen MR) is 157 cm³/mol. The van der Waals surface area contributed by atoms with Gasteiger partial charge in [-0.2, -0.15) is 0 Å². The van der Waals surface area contributed by atoms with Crippen LogP contribution in [0.15, 0.2) is 72.8 Å². The highest BCUT2D eigenvalue weighted by molar-refractivity contribution is 7.92. The van der Waals surface area contributed by atoms with Crippen LogP contribution in [-0.4, -0.2) is 50.5 Å². The summed E-state index contributed by atoms with van der Waals surface area (Å²) >= 11 is 0. The van der Waals surface area contributed by atoms with Gasteiger partial charge < -0.3 is 10.2 Å². The van der Waals surface area contributed by atoms with Gasteiger partial charge in [0.05, 0.1) is 11.9 Å². The fourth-order valence-corrected chi connectivity index (χ4v) is 5.39. The third-order valence-electron chi connectivity index (χ3n) is 6.54. The Kier molecular flexibility index (Phi) is 10.8. The van der Waals surface area contributed by atoms with E-state index in [1.54, 1.807) is 24.3 Å². The normalized spacial score (nSPS) is 12.0. The molecule has 3 aromatic rings. The van der Waals surface area contributed by atoms with Gasteiger partial charge in [0, 0.05) is 19.5 Å². The van der Waals surface area contributed by atoms with Gasteiger partial charge in [0.1, 0.15) is 18.4 Å². The van der Waals surface area contributed by atoms with Gasteiger partial charge in [0.15, 0.2) is 0 Å². The Morgan fingerprint density at radius 2 is 1.55 bits per heavy atom. The minimum absolute atomic E-state index is 0.00224. The van der Waals surface area contributed by atoms with Crippen LogP contribution < -0.4 is 9.62 Å². The van der Waals surface area contributed by atoms with Crippen LogP contribution in [0.25, 0.3) is 0 Å². The first-order valence-electron chi connectivity index (χ1n) is 13.4. The Morgan fingerprint density at radius 3 is 2.12 bits per heavy atom. The van der Waals surface area contributed by atoms with Gasteiger partial charge in [-0.1, -0.05) is 61.9 Å². The number of hydrogen-bond donors (Lipinski definition) is 1. The SMILES string of the molecule is CCCCNC(=O)[C@@H](Cc1ccccc1)N(Cc1ccc(F)cc1)C(=O)CN(c1cc(C)cc(C)c1)S(C)(=O)=O. The number of unbranched alkanes of at least 4 members (excludes halogenated alkanes) is 1. The molecule has 0 radical (unpaired) electrons. The van der Waals surface area contributed by atoms with Crippen molar-refractivity contribution in [3.8, 4) is 0 Å². The third-order valence-corrected chi connectivity index (χ3v) is 7.68. The number of hydrogen-bond acceptors (Lipinski definition) is 4. The third kappa shape index (κ3) is 8.91. The number of benzene rings is 3. The average molecular weight is 568 g/mol. The van der Waals surface area contributed by atoms with Crippen molar-refractivity contribution in [2.75, 3.05) is 23.7 Å². The molecule has 1 atom stereocenters. The number of carbonyl (C=O) groups excluding carboxylic acids is 2. The Balaban J connectivity index is 2.04. The molecular formula is C31H38FN3O4S. The maximum Gasteiger partial charge on any atom is 0.244 e. The van der Waals surface area contributed by atoms with E-state index in [0.29, 0.717) is 17.8 Å². The molecule has 0 aromatic heterocycles. The van der Waals surface area contributed by atoms with E-state index in [1.807, 2.05) is 57.2 Å².